The van der Waals surface area contributed by atoms with E-state index in [0.29, 0.717) is 19.5 Å². The second kappa shape index (κ2) is 7.93. The Kier molecular flexibility index (Phi) is 5.94. The summed E-state index contributed by atoms with van der Waals surface area (Å²) in [7, 11) is 0. The Morgan fingerprint density at radius 1 is 1.48 bits per heavy atom. The molecule has 0 radical (unpaired) electrons. The van der Waals surface area contributed by atoms with Crippen LogP contribution in [-0.2, 0) is 14.4 Å². The van der Waals surface area contributed by atoms with Crippen molar-refractivity contribution in [1.82, 2.24) is 14.9 Å². The number of hydrogen-bond acceptors (Lipinski definition) is 5. The molecular weight excluding hydrogens is 325 g/mol. The molecule has 1 aromatic carbocycles. The number of carbonyl (C=O) groups is 3. The molecule has 1 fully saturated rings. The molecule has 124 valence electrons. The van der Waals surface area contributed by atoms with E-state index in [-0.39, 0.29) is 24.2 Å². The van der Waals surface area contributed by atoms with Crippen LogP contribution in [0.5, 0.6) is 0 Å². The van der Waals surface area contributed by atoms with Crippen LogP contribution in [0.2, 0.25) is 0 Å². The number of aliphatic carboxylic acids is 1. The van der Waals surface area contributed by atoms with Gasteiger partial charge in [-0.15, -0.1) is 0 Å². The van der Waals surface area contributed by atoms with Crippen LogP contribution in [0.1, 0.15) is 0 Å². The number of halogens is 1. The van der Waals surface area contributed by atoms with Gasteiger partial charge in [0.05, 0.1) is 5.92 Å². The maximum atomic E-state index is 13.1. The van der Waals surface area contributed by atoms with Crippen molar-refractivity contribution >= 4 is 30.2 Å². The normalized spacial score (nSPS) is 16.2. The first-order valence-electron chi connectivity index (χ1n) is 6.88. The summed E-state index contributed by atoms with van der Waals surface area (Å²) in [4.78, 5) is 33.9. The van der Waals surface area contributed by atoms with E-state index >= 15 is 0 Å². The summed E-state index contributed by atoms with van der Waals surface area (Å²) in [5.41, 5.74) is 0. The number of carboxylic acids is 1. The van der Waals surface area contributed by atoms with E-state index in [9.17, 15) is 18.8 Å². The minimum Gasteiger partial charge on any atom is -0.480 e. The summed E-state index contributed by atoms with van der Waals surface area (Å²) in [6.45, 7) is 0.722. The molecule has 2 rings (SSSR count). The molecular formula is C14H16FN3O4S. The number of rotatable bonds is 8. The van der Waals surface area contributed by atoms with Gasteiger partial charge in [-0.25, -0.2) is 13.5 Å². The third-order valence-electron chi connectivity index (χ3n) is 3.27. The SMILES string of the molecule is O=CNCC(NC(=O)C1CN(Sc2cccc(F)c2)C1)C(=O)O. The minimum absolute atomic E-state index is 0.168. The standard InChI is InChI=1S/C14H16FN3O4S/c15-10-2-1-3-11(4-10)23-18-6-9(7-18)13(20)17-12(14(21)22)5-16-8-19/h1-4,8-9,12H,5-7H2,(H,16,19)(H,17,20)(H,21,22). The largest absolute Gasteiger partial charge is 0.480 e. The van der Waals surface area contributed by atoms with Crippen molar-refractivity contribution < 1.29 is 23.9 Å². The average Bonchev–Trinajstić information content (AvgIpc) is 2.46. The highest BCUT2D eigenvalue weighted by molar-refractivity contribution is 7.97. The number of hydrogen-bond donors (Lipinski definition) is 3. The van der Waals surface area contributed by atoms with Gasteiger partial charge in [-0.1, -0.05) is 6.07 Å². The zero-order valence-corrected chi connectivity index (χ0v) is 12.9. The first-order chi connectivity index (χ1) is 11.0. The molecule has 0 spiro atoms. The molecule has 9 heteroatoms. The van der Waals surface area contributed by atoms with Crippen molar-refractivity contribution in [2.24, 2.45) is 5.92 Å². The quantitative estimate of drug-likeness (QED) is 0.458. The Labute approximate surface area is 136 Å². The first kappa shape index (κ1) is 17.2. The van der Waals surface area contributed by atoms with Gasteiger partial charge in [-0.05, 0) is 30.1 Å². The highest BCUT2D eigenvalue weighted by Crippen LogP contribution is 2.30. The van der Waals surface area contributed by atoms with E-state index in [4.69, 9.17) is 5.11 Å². The van der Waals surface area contributed by atoms with E-state index in [1.165, 1.54) is 24.1 Å². The van der Waals surface area contributed by atoms with Crippen molar-refractivity contribution in [3.05, 3.63) is 30.1 Å². The van der Waals surface area contributed by atoms with E-state index < -0.39 is 12.0 Å². The predicted octanol–water partition coefficient (Wildman–Crippen LogP) is 0.0800. The fourth-order valence-electron chi connectivity index (χ4n) is 2.01. The topological polar surface area (TPSA) is 98.7 Å². The summed E-state index contributed by atoms with van der Waals surface area (Å²) < 4.78 is 15.0. The molecule has 0 aromatic heterocycles. The van der Waals surface area contributed by atoms with Gasteiger partial charge in [0.1, 0.15) is 11.9 Å². The van der Waals surface area contributed by atoms with Crippen molar-refractivity contribution in [2.45, 2.75) is 10.9 Å². The number of benzene rings is 1. The van der Waals surface area contributed by atoms with Gasteiger partial charge in [-0.2, -0.15) is 0 Å². The van der Waals surface area contributed by atoms with Crippen molar-refractivity contribution in [1.29, 1.82) is 0 Å². The molecule has 7 nitrogen and oxygen atoms in total. The molecule has 1 heterocycles. The molecule has 3 N–H and O–H groups in total. The van der Waals surface area contributed by atoms with Gasteiger partial charge in [0.2, 0.25) is 12.3 Å². The van der Waals surface area contributed by atoms with Gasteiger partial charge >= 0.3 is 5.97 Å². The highest BCUT2D eigenvalue weighted by Gasteiger charge is 2.35. The fraction of sp³-hybridized carbons (Fsp3) is 0.357. The molecule has 1 atom stereocenters. The van der Waals surface area contributed by atoms with Crippen LogP contribution in [0.25, 0.3) is 0 Å². The molecule has 1 aliphatic rings. The third kappa shape index (κ3) is 4.93. The van der Waals surface area contributed by atoms with Crippen LogP contribution in [0.3, 0.4) is 0 Å². The van der Waals surface area contributed by atoms with E-state index in [1.807, 2.05) is 4.31 Å². The van der Waals surface area contributed by atoms with Gasteiger partial charge < -0.3 is 15.7 Å². The Morgan fingerprint density at radius 3 is 2.83 bits per heavy atom. The summed E-state index contributed by atoms with van der Waals surface area (Å²) in [6, 6.07) is 4.99. The number of amides is 2. The lowest BCUT2D eigenvalue weighted by Gasteiger charge is -2.37. The molecule has 1 unspecified atom stereocenters. The van der Waals surface area contributed by atoms with Crippen LogP contribution >= 0.6 is 11.9 Å². The van der Waals surface area contributed by atoms with Crippen LogP contribution in [0.15, 0.2) is 29.2 Å². The van der Waals surface area contributed by atoms with Crippen LogP contribution in [0.4, 0.5) is 4.39 Å². The Balaban J connectivity index is 1.78. The zero-order valence-electron chi connectivity index (χ0n) is 12.1. The van der Waals surface area contributed by atoms with Gasteiger partial charge in [0, 0.05) is 24.5 Å². The third-order valence-corrected chi connectivity index (χ3v) is 4.29. The summed E-state index contributed by atoms with van der Waals surface area (Å²) >= 11 is 1.34. The summed E-state index contributed by atoms with van der Waals surface area (Å²) in [5, 5.41) is 13.6. The molecule has 1 saturated heterocycles. The first-order valence-corrected chi connectivity index (χ1v) is 7.65. The monoisotopic (exact) mass is 341 g/mol. The lowest BCUT2D eigenvalue weighted by Crippen LogP contribution is -2.55. The predicted molar refractivity (Wildman–Crippen MR) is 81.0 cm³/mol. The van der Waals surface area contributed by atoms with Gasteiger partial charge in [0.25, 0.3) is 0 Å². The van der Waals surface area contributed by atoms with E-state index in [1.54, 1.807) is 12.1 Å². The Hall–Kier alpha value is -2.13. The number of nitrogens with zero attached hydrogens (tertiary/aromatic N) is 1. The second-order valence-corrected chi connectivity index (χ2v) is 6.19. The van der Waals surface area contributed by atoms with E-state index in [2.05, 4.69) is 10.6 Å². The molecule has 2 amide bonds. The zero-order chi connectivity index (χ0) is 16.8. The Morgan fingerprint density at radius 2 is 2.22 bits per heavy atom. The molecule has 1 aliphatic heterocycles. The maximum Gasteiger partial charge on any atom is 0.328 e. The van der Waals surface area contributed by atoms with Gasteiger partial charge in [0.15, 0.2) is 0 Å². The maximum absolute atomic E-state index is 13.1. The molecule has 23 heavy (non-hydrogen) atoms. The lowest BCUT2D eigenvalue weighted by atomic mass is 10.0. The molecule has 0 saturated carbocycles. The van der Waals surface area contributed by atoms with Gasteiger partial charge in [-0.3, -0.25) is 9.59 Å². The number of carbonyl (C=O) groups excluding carboxylic acids is 2. The fourth-order valence-corrected chi connectivity index (χ4v) is 3.12. The summed E-state index contributed by atoms with van der Waals surface area (Å²) in [6.07, 6.45) is 0.378. The van der Waals surface area contributed by atoms with E-state index in [0.717, 1.165) is 4.90 Å². The smallest absolute Gasteiger partial charge is 0.328 e. The molecule has 1 aromatic rings. The van der Waals surface area contributed by atoms with Crippen molar-refractivity contribution in [2.75, 3.05) is 19.6 Å². The second-order valence-electron chi connectivity index (χ2n) is 5.02. The average molecular weight is 341 g/mol. The van der Waals surface area contributed by atoms with Crippen LogP contribution < -0.4 is 10.6 Å². The minimum atomic E-state index is -1.21. The summed E-state index contributed by atoms with van der Waals surface area (Å²) in [5.74, 6) is -2.23. The number of nitrogens with one attached hydrogen (secondary N) is 2. The van der Waals surface area contributed by atoms with Crippen molar-refractivity contribution in [3.63, 3.8) is 0 Å². The molecule has 0 bridgehead atoms. The number of carboxylic acid groups (broad SMARTS) is 1. The van der Waals surface area contributed by atoms with Crippen LogP contribution in [0, 0.1) is 11.7 Å². The highest BCUT2D eigenvalue weighted by atomic mass is 32.2. The Bertz CT molecular complexity index is 595. The lowest BCUT2D eigenvalue weighted by molar-refractivity contribution is -0.143. The van der Waals surface area contributed by atoms with Crippen LogP contribution in [-0.4, -0.2) is 53.4 Å². The molecule has 0 aliphatic carbocycles. The van der Waals surface area contributed by atoms with Crippen molar-refractivity contribution in [3.8, 4) is 0 Å².